The predicted octanol–water partition coefficient (Wildman–Crippen LogP) is 3.14. The van der Waals surface area contributed by atoms with Crippen molar-refractivity contribution >= 4 is 0 Å². The van der Waals surface area contributed by atoms with Crippen molar-refractivity contribution in [3.63, 3.8) is 0 Å². The summed E-state index contributed by atoms with van der Waals surface area (Å²) in [5.74, 6) is 0.607. The first-order valence-electron chi connectivity index (χ1n) is 6.17. The van der Waals surface area contributed by atoms with Crippen LogP contribution in [-0.2, 0) is 10.8 Å². The molecule has 0 radical (unpaired) electrons. The molecule has 18 heavy (non-hydrogen) atoms. The van der Waals surface area contributed by atoms with Crippen molar-refractivity contribution < 1.29 is 13.8 Å². The van der Waals surface area contributed by atoms with E-state index in [2.05, 4.69) is 46.7 Å². The first-order valence-corrected chi connectivity index (χ1v) is 6.17. The van der Waals surface area contributed by atoms with E-state index in [0.29, 0.717) is 5.88 Å². The molecule has 0 bridgehead atoms. The van der Waals surface area contributed by atoms with Crippen LogP contribution in [0.5, 0.6) is 0 Å². The summed E-state index contributed by atoms with van der Waals surface area (Å²) in [4.78, 5) is 0. The van der Waals surface area contributed by atoms with Gasteiger partial charge in [0.15, 0.2) is 6.26 Å². The molecular weight excluding hydrogens is 228 g/mol. The van der Waals surface area contributed by atoms with Gasteiger partial charge in [-0.25, -0.2) is 4.52 Å². The van der Waals surface area contributed by atoms with Crippen LogP contribution >= 0.6 is 0 Å². The summed E-state index contributed by atoms with van der Waals surface area (Å²) >= 11 is 0. The molecule has 0 unspecified atom stereocenters. The van der Waals surface area contributed by atoms with Crippen LogP contribution in [0.1, 0.15) is 52.8 Å². The van der Waals surface area contributed by atoms with E-state index in [1.165, 1.54) is 0 Å². The van der Waals surface area contributed by atoms with Gasteiger partial charge in [0.25, 0.3) is 0 Å². The van der Waals surface area contributed by atoms with Crippen LogP contribution in [-0.4, -0.2) is 5.16 Å². The average Bonchev–Trinajstić information content (AvgIpc) is 2.84. The second-order valence-electron chi connectivity index (χ2n) is 6.68. The molecule has 0 aromatic carbocycles. The highest BCUT2D eigenvalue weighted by Gasteiger charge is 2.27. The van der Waals surface area contributed by atoms with Crippen molar-refractivity contribution in [2.24, 2.45) is 0 Å². The zero-order chi connectivity index (χ0) is 13.6. The van der Waals surface area contributed by atoms with Gasteiger partial charge in [0.2, 0.25) is 6.20 Å². The van der Waals surface area contributed by atoms with Crippen molar-refractivity contribution in [1.29, 1.82) is 0 Å². The first kappa shape index (κ1) is 12.9. The third-order valence-electron chi connectivity index (χ3n) is 2.90. The summed E-state index contributed by atoms with van der Waals surface area (Å²) in [6, 6.07) is 1.91. The molecule has 0 aliphatic carbocycles. The van der Waals surface area contributed by atoms with E-state index in [1.54, 1.807) is 11.0 Å². The van der Waals surface area contributed by atoms with E-state index in [0.717, 1.165) is 11.3 Å². The monoisotopic (exact) mass is 249 g/mol. The van der Waals surface area contributed by atoms with Crippen molar-refractivity contribution in [3.05, 3.63) is 29.8 Å². The van der Waals surface area contributed by atoms with Gasteiger partial charge in [0, 0.05) is 5.41 Å². The van der Waals surface area contributed by atoms with Gasteiger partial charge in [-0.2, -0.15) is 0 Å². The van der Waals surface area contributed by atoms with Crippen LogP contribution in [0.3, 0.4) is 0 Å². The van der Waals surface area contributed by atoms with Crippen molar-refractivity contribution in [2.75, 3.05) is 0 Å². The molecule has 0 N–H and O–H groups in total. The Morgan fingerprint density at radius 3 is 2.17 bits per heavy atom. The molecule has 2 aromatic rings. The van der Waals surface area contributed by atoms with Gasteiger partial charge in [-0.15, -0.1) is 0 Å². The lowest BCUT2D eigenvalue weighted by molar-refractivity contribution is -0.793. The SMILES string of the molecule is CC(C)(C)c1co[n+](-c2cc(C(C)(C)C)no2)c1. The molecule has 0 aliphatic rings. The van der Waals surface area contributed by atoms with Crippen molar-refractivity contribution in [2.45, 2.75) is 52.4 Å². The Labute approximate surface area is 108 Å². The molecule has 0 amide bonds. The zero-order valence-electron chi connectivity index (χ0n) is 11.9. The summed E-state index contributed by atoms with van der Waals surface area (Å²) in [5, 5.41) is 4.08. The Morgan fingerprint density at radius 1 is 1.06 bits per heavy atom. The fraction of sp³-hybridized carbons (Fsp3) is 0.571. The van der Waals surface area contributed by atoms with Gasteiger partial charge in [0.1, 0.15) is 0 Å². The molecule has 0 atom stereocenters. The van der Waals surface area contributed by atoms with E-state index >= 15 is 0 Å². The molecular formula is C14H21N2O2+. The third kappa shape index (κ3) is 2.47. The van der Waals surface area contributed by atoms with Crippen molar-refractivity contribution in [1.82, 2.24) is 5.16 Å². The fourth-order valence-electron chi connectivity index (χ4n) is 1.51. The Balaban J connectivity index is 2.33. The standard InChI is InChI=1S/C14H21N2O2/c1-13(2,3)10-8-16(17-9-10)12-7-11(15-18-12)14(4,5)6/h7-9H,1-6H3/q+1. The fourth-order valence-corrected chi connectivity index (χ4v) is 1.51. The topological polar surface area (TPSA) is 43.0 Å². The van der Waals surface area contributed by atoms with E-state index in [1.807, 2.05) is 12.3 Å². The Morgan fingerprint density at radius 2 is 1.72 bits per heavy atom. The van der Waals surface area contributed by atoms with Crippen LogP contribution in [0.25, 0.3) is 5.88 Å². The molecule has 4 nitrogen and oxygen atoms in total. The summed E-state index contributed by atoms with van der Waals surface area (Å²) in [6.45, 7) is 12.7. The Bertz CT molecular complexity index is 488. The highest BCUT2D eigenvalue weighted by Crippen LogP contribution is 2.23. The molecule has 0 aliphatic heterocycles. The van der Waals surface area contributed by atoms with Crippen LogP contribution in [0.15, 0.2) is 27.6 Å². The maximum Gasteiger partial charge on any atom is 0.445 e. The average molecular weight is 249 g/mol. The minimum absolute atomic E-state index is 0.0260. The van der Waals surface area contributed by atoms with Gasteiger partial charge >= 0.3 is 5.88 Å². The molecule has 0 saturated heterocycles. The highest BCUT2D eigenvalue weighted by molar-refractivity contribution is 5.18. The van der Waals surface area contributed by atoms with Crippen LogP contribution < -0.4 is 4.74 Å². The van der Waals surface area contributed by atoms with E-state index in [-0.39, 0.29) is 10.8 Å². The highest BCUT2D eigenvalue weighted by atomic mass is 16.5. The minimum Gasteiger partial charge on any atom is -0.289 e. The van der Waals surface area contributed by atoms with Gasteiger partial charge in [-0.3, -0.25) is 4.52 Å². The predicted molar refractivity (Wildman–Crippen MR) is 67.7 cm³/mol. The first-order chi connectivity index (χ1) is 8.18. The Hall–Kier alpha value is -1.58. The number of aromatic nitrogens is 2. The number of rotatable bonds is 1. The molecule has 0 fully saturated rings. The van der Waals surface area contributed by atoms with Gasteiger partial charge < -0.3 is 0 Å². The summed E-state index contributed by atoms with van der Waals surface area (Å²) in [6.07, 6.45) is 3.69. The van der Waals surface area contributed by atoms with Gasteiger partial charge in [-0.1, -0.05) is 46.7 Å². The van der Waals surface area contributed by atoms with Crippen LogP contribution in [0.2, 0.25) is 0 Å². The maximum atomic E-state index is 5.49. The van der Waals surface area contributed by atoms with Crippen LogP contribution in [0, 0.1) is 0 Å². The number of nitrogens with zero attached hydrogens (tertiary/aromatic N) is 2. The van der Waals surface area contributed by atoms with E-state index in [9.17, 15) is 0 Å². The lowest BCUT2D eigenvalue weighted by atomic mass is 9.90. The van der Waals surface area contributed by atoms with E-state index in [4.69, 9.17) is 9.05 Å². The molecule has 98 valence electrons. The quantitative estimate of drug-likeness (QED) is 0.729. The molecule has 0 saturated carbocycles. The summed E-state index contributed by atoms with van der Waals surface area (Å²) in [5.41, 5.74) is 2.07. The zero-order valence-corrected chi connectivity index (χ0v) is 11.9. The van der Waals surface area contributed by atoms with Crippen LogP contribution in [0.4, 0.5) is 0 Å². The number of hydrogen-bond donors (Lipinski definition) is 0. The Kier molecular flexibility index (Phi) is 2.84. The lowest BCUT2D eigenvalue weighted by Gasteiger charge is -2.12. The molecule has 4 heteroatoms. The second-order valence-corrected chi connectivity index (χ2v) is 6.68. The summed E-state index contributed by atoms with van der Waals surface area (Å²) < 4.78 is 12.4. The van der Waals surface area contributed by atoms with Gasteiger partial charge in [-0.05, 0) is 5.41 Å². The second kappa shape index (κ2) is 3.97. The van der Waals surface area contributed by atoms with E-state index < -0.39 is 0 Å². The van der Waals surface area contributed by atoms with Crippen molar-refractivity contribution in [3.8, 4) is 5.88 Å². The largest absolute Gasteiger partial charge is 0.445 e. The summed E-state index contributed by atoms with van der Waals surface area (Å²) in [7, 11) is 0. The number of hydrogen-bond acceptors (Lipinski definition) is 3. The molecule has 2 aromatic heterocycles. The third-order valence-corrected chi connectivity index (χ3v) is 2.90. The minimum atomic E-state index is -0.0260. The normalized spacial score (nSPS) is 13.0. The smallest absolute Gasteiger partial charge is 0.289 e. The molecule has 0 spiro atoms. The maximum absolute atomic E-state index is 5.49. The molecule has 2 heterocycles. The molecule has 2 rings (SSSR count). The lowest BCUT2D eigenvalue weighted by Crippen LogP contribution is -2.27. The van der Waals surface area contributed by atoms with Gasteiger partial charge in [0.05, 0.1) is 22.1 Å².